The minimum Gasteiger partial charge on any atom is -0.491 e. The average molecular weight is 218 g/mol. The van der Waals surface area contributed by atoms with Crippen molar-refractivity contribution in [1.82, 2.24) is 0 Å². The molecule has 1 saturated carbocycles. The van der Waals surface area contributed by atoms with Gasteiger partial charge >= 0.3 is 0 Å². The third kappa shape index (κ3) is 2.26. The molecule has 0 radical (unpaired) electrons. The van der Waals surface area contributed by atoms with Crippen LogP contribution in [0.4, 0.5) is 0 Å². The molecule has 0 N–H and O–H groups in total. The van der Waals surface area contributed by atoms with Gasteiger partial charge in [-0.1, -0.05) is 18.2 Å². The molecule has 0 heterocycles. The molecule has 1 atom stereocenters. The first-order chi connectivity index (χ1) is 7.68. The molecule has 0 aliphatic heterocycles. The molecular weight excluding hydrogens is 200 g/mol. The van der Waals surface area contributed by atoms with E-state index in [1.54, 1.807) is 0 Å². The number of Topliss-reactive ketones (excluding diaryl/α,β-unsaturated/α-hetero) is 1. The molecule has 1 unspecified atom stereocenters. The van der Waals surface area contributed by atoms with Crippen LogP contribution in [-0.2, 0) is 4.79 Å². The third-order valence-corrected chi connectivity index (χ3v) is 2.96. The van der Waals surface area contributed by atoms with Gasteiger partial charge in [-0.3, -0.25) is 4.79 Å². The zero-order valence-electron chi connectivity index (χ0n) is 9.90. The SMILES string of the molecule is CC(C)Oc1ccccc1C1CCCC1=O. The molecule has 1 aliphatic rings. The van der Waals surface area contributed by atoms with E-state index in [1.165, 1.54) is 0 Å². The van der Waals surface area contributed by atoms with Gasteiger partial charge in [-0.15, -0.1) is 0 Å². The van der Waals surface area contributed by atoms with Gasteiger partial charge in [0.25, 0.3) is 0 Å². The van der Waals surface area contributed by atoms with Crippen LogP contribution in [0.2, 0.25) is 0 Å². The Hall–Kier alpha value is -1.31. The zero-order chi connectivity index (χ0) is 11.5. The lowest BCUT2D eigenvalue weighted by Gasteiger charge is -2.17. The molecule has 86 valence electrons. The van der Waals surface area contributed by atoms with Crippen molar-refractivity contribution in [3.8, 4) is 5.75 Å². The number of carbonyl (C=O) groups is 1. The Morgan fingerprint density at radius 3 is 2.69 bits per heavy atom. The third-order valence-electron chi connectivity index (χ3n) is 2.96. The second-order valence-corrected chi connectivity index (χ2v) is 4.62. The van der Waals surface area contributed by atoms with Gasteiger partial charge in [-0.2, -0.15) is 0 Å². The van der Waals surface area contributed by atoms with Crippen LogP contribution in [0.15, 0.2) is 24.3 Å². The Bertz CT molecular complexity index is 382. The summed E-state index contributed by atoms with van der Waals surface area (Å²) in [5.41, 5.74) is 1.07. The molecule has 1 aliphatic carbocycles. The number of rotatable bonds is 3. The lowest BCUT2D eigenvalue weighted by Crippen LogP contribution is -2.11. The quantitative estimate of drug-likeness (QED) is 0.778. The molecule has 1 fully saturated rings. The van der Waals surface area contributed by atoms with Crippen LogP contribution in [-0.4, -0.2) is 11.9 Å². The molecule has 0 spiro atoms. The van der Waals surface area contributed by atoms with Gasteiger partial charge in [0.2, 0.25) is 0 Å². The Morgan fingerprint density at radius 1 is 1.31 bits per heavy atom. The van der Waals surface area contributed by atoms with Crippen molar-refractivity contribution in [1.29, 1.82) is 0 Å². The average Bonchev–Trinajstić information content (AvgIpc) is 2.64. The summed E-state index contributed by atoms with van der Waals surface area (Å²) in [4.78, 5) is 11.8. The van der Waals surface area contributed by atoms with Crippen LogP contribution in [0.1, 0.15) is 44.6 Å². The molecule has 2 nitrogen and oxygen atoms in total. The first-order valence-electron chi connectivity index (χ1n) is 5.97. The van der Waals surface area contributed by atoms with Gasteiger partial charge in [0, 0.05) is 17.9 Å². The number of para-hydroxylation sites is 1. The Kier molecular flexibility index (Phi) is 3.28. The number of ketones is 1. The van der Waals surface area contributed by atoms with E-state index >= 15 is 0 Å². The molecule has 0 amide bonds. The fraction of sp³-hybridized carbons (Fsp3) is 0.500. The normalized spacial score (nSPS) is 20.4. The monoisotopic (exact) mass is 218 g/mol. The summed E-state index contributed by atoms with van der Waals surface area (Å²) in [5.74, 6) is 1.30. The standard InChI is InChI=1S/C14H18O2/c1-10(2)16-14-9-4-3-6-12(14)11-7-5-8-13(11)15/h3-4,6,9-11H,5,7-8H2,1-2H3. The minimum atomic E-state index is 0.0648. The van der Waals surface area contributed by atoms with Crippen molar-refractivity contribution in [3.05, 3.63) is 29.8 Å². The maximum atomic E-state index is 11.8. The summed E-state index contributed by atoms with van der Waals surface area (Å²) >= 11 is 0. The zero-order valence-corrected chi connectivity index (χ0v) is 9.90. The molecular formula is C14H18O2. The highest BCUT2D eigenvalue weighted by Gasteiger charge is 2.28. The molecule has 1 aromatic carbocycles. The summed E-state index contributed by atoms with van der Waals surface area (Å²) in [7, 11) is 0. The Morgan fingerprint density at radius 2 is 2.06 bits per heavy atom. The van der Waals surface area contributed by atoms with E-state index < -0.39 is 0 Å². The van der Waals surface area contributed by atoms with Crippen molar-refractivity contribution >= 4 is 5.78 Å². The van der Waals surface area contributed by atoms with Crippen LogP contribution in [0, 0.1) is 0 Å². The van der Waals surface area contributed by atoms with Gasteiger partial charge in [0.15, 0.2) is 0 Å². The maximum absolute atomic E-state index is 11.8. The summed E-state index contributed by atoms with van der Waals surface area (Å²) in [5, 5.41) is 0. The van der Waals surface area contributed by atoms with E-state index in [0.29, 0.717) is 5.78 Å². The fourth-order valence-electron chi connectivity index (χ4n) is 2.27. The van der Waals surface area contributed by atoms with Crippen molar-refractivity contribution in [3.63, 3.8) is 0 Å². The predicted molar refractivity (Wildman–Crippen MR) is 63.8 cm³/mol. The van der Waals surface area contributed by atoms with Gasteiger partial charge in [0.1, 0.15) is 11.5 Å². The van der Waals surface area contributed by atoms with Crippen LogP contribution in [0.3, 0.4) is 0 Å². The van der Waals surface area contributed by atoms with Gasteiger partial charge in [0.05, 0.1) is 6.10 Å². The fourth-order valence-corrected chi connectivity index (χ4v) is 2.27. The van der Waals surface area contributed by atoms with Crippen molar-refractivity contribution < 1.29 is 9.53 Å². The Labute approximate surface area is 96.6 Å². The van der Waals surface area contributed by atoms with E-state index in [9.17, 15) is 4.79 Å². The highest BCUT2D eigenvalue weighted by Crippen LogP contribution is 2.36. The second-order valence-electron chi connectivity index (χ2n) is 4.62. The molecule has 1 aromatic rings. The molecule has 0 bridgehead atoms. The largest absolute Gasteiger partial charge is 0.491 e. The lowest BCUT2D eigenvalue weighted by atomic mass is 9.96. The molecule has 0 aromatic heterocycles. The highest BCUT2D eigenvalue weighted by atomic mass is 16.5. The smallest absolute Gasteiger partial charge is 0.140 e. The lowest BCUT2D eigenvalue weighted by molar-refractivity contribution is -0.118. The van der Waals surface area contributed by atoms with E-state index in [-0.39, 0.29) is 12.0 Å². The van der Waals surface area contributed by atoms with Gasteiger partial charge in [-0.05, 0) is 32.8 Å². The summed E-state index contributed by atoms with van der Waals surface area (Å²) < 4.78 is 5.75. The molecule has 2 heteroatoms. The topological polar surface area (TPSA) is 26.3 Å². The maximum Gasteiger partial charge on any atom is 0.140 e. The number of carbonyl (C=O) groups excluding carboxylic acids is 1. The van der Waals surface area contributed by atoms with Gasteiger partial charge < -0.3 is 4.74 Å². The first-order valence-corrected chi connectivity index (χ1v) is 5.97. The predicted octanol–water partition coefficient (Wildman–Crippen LogP) is 3.31. The van der Waals surface area contributed by atoms with Crippen LogP contribution < -0.4 is 4.74 Å². The highest BCUT2D eigenvalue weighted by molar-refractivity contribution is 5.88. The molecule has 16 heavy (non-hydrogen) atoms. The number of hydrogen-bond donors (Lipinski definition) is 0. The number of hydrogen-bond acceptors (Lipinski definition) is 2. The Balaban J connectivity index is 2.28. The summed E-state index contributed by atoms with van der Waals surface area (Å²) in [6.45, 7) is 4.01. The summed E-state index contributed by atoms with van der Waals surface area (Å²) in [6.07, 6.45) is 2.86. The van der Waals surface area contributed by atoms with Crippen LogP contribution >= 0.6 is 0 Å². The van der Waals surface area contributed by atoms with Crippen LogP contribution in [0.5, 0.6) is 5.75 Å². The van der Waals surface area contributed by atoms with E-state index in [1.807, 2.05) is 38.1 Å². The van der Waals surface area contributed by atoms with E-state index in [2.05, 4.69) is 0 Å². The van der Waals surface area contributed by atoms with Crippen molar-refractivity contribution in [2.24, 2.45) is 0 Å². The van der Waals surface area contributed by atoms with Crippen LogP contribution in [0.25, 0.3) is 0 Å². The van der Waals surface area contributed by atoms with E-state index in [0.717, 1.165) is 30.6 Å². The summed E-state index contributed by atoms with van der Waals surface area (Å²) in [6, 6.07) is 7.92. The first kappa shape index (κ1) is 11.2. The van der Waals surface area contributed by atoms with Crippen molar-refractivity contribution in [2.45, 2.75) is 45.1 Å². The number of ether oxygens (including phenoxy) is 1. The van der Waals surface area contributed by atoms with E-state index in [4.69, 9.17) is 4.74 Å². The second kappa shape index (κ2) is 4.69. The van der Waals surface area contributed by atoms with Crippen molar-refractivity contribution in [2.75, 3.05) is 0 Å². The minimum absolute atomic E-state index is 0.0648. The number of benzene rings is 1. The molecule has 0 saturated heterocycles. The molecule has 2 rings (SSSR count). The van der Waals surface area contributed by atoms with Gasteiger partial charge in [-0.25, -0.2) is 0 Å².